The van der Waals surface area contributed by atoms with Gasteiger partial charge in [0.1, 0.15) is 5.82 Å². The van der Waals surface area contributed by atoms with Gasteiger partial charge in [-0.3, -0.25) is 4.79 Å². The Balaban J connectivity index is 1.61. The van der Waals surface area contributed by atoms with E-state index in [1.807, 2.05) is 48.7 Å². The van der Waals surface area contributed by atoms with Crippen LogP contribution in [0.2, 0.25) is 0 Å². The number of nitrogens with zero attached hydrogens (tertiary/aromatic N) is 2. The van der Waals surface area contributed by atoms with Crippen molar-refractivity contribution >= 4 is 5.91 Å². The lowest BCUT2D eigenvalue weighted by Crippen LogP contribution is -2.31. The molecule has 1 heterocycles. The molecule has 0 radical (unpaired) electrons. The molecule has 156 valence electrons. The molecule has 0 fully saturated rings. The van der Waals surface area contributed by atoms with Crippen LogP contribution in [0.15, 0.2) is 97.2 Å². The number of hydrogen-bond donors (Lipinski definition) is 0. The number of carbonyl (C=O) groups excluding carboxylic acids is 1. The standard InChI is InChI=1S/C27H25FN2O/c1-21-13-15-23(16-14-21)18-29-17-7-10-24(29)20-30(19-22-8-3-2-4-9-22)27(31)25-11-5-6-12-26(25)28/h2-17H,18-20H2,1H3. The average molecular weight is 413 g/mol. The van der Waals surface area contributed by atoms with Gasteiger partial charge in [0, 0.05) is 25.0 Å². The molecule has 4 rings (SSSR count). The van der Waals surface area contributed by atoms with E-state index in [2.05, 4.69) is 35.8 Å². The lowest BCUT2D eigenvalue weighted by atomic mass is 10.1. The molecular weight excluding hydrogens is 387 g/mol. The van der Waals surface area contributed by atoms with Crippen molar-refractivity contribution in [1.82, 2.24) is 9.47 Å². The topological polar surface area (TPSA) is 25.2 Å². The Morgan fingerprint density at radius 2 is 1.52 bits per heavy atom. The van der Waals surface area contributed by atoms with Crippen LogP contribution in [0.25, 0.3) is 0 Å². The van der Waals surface area contributed by atoms with E-state index in [0.29, 0.717) is 13.1 Å². The summed E-state index contributed by atoms with van der Waals surface area (Å²) in [6.07, 6.45) is 2.02. The van der Waals surface area contributed by atoms with E-state index in [1.54, 1.807) is 23.1 Å². The van der Waals surface area contributed by atoms with Crippen molar-refractivity contribution in [1.29, 1.82) is 0 Å². The van der Waals surface area contributed by atoms with Gasteiger partial charge in [-0.25, -0.2) is 4.39 Å². The zero-order chi connectivity index (χ0) is 21.6. The molecule has 1 amide bonds. The minimum Gasteiger partial charge on any atom is -0.345 e. The molecule has 0 spiro atoms. The average Bonchev–Trinajstić information content (AvgIpc) is 3.22. The molecule has 31 heavy (non-hydrogen) atoms. The van der Waals surface area contributed by atoms with Gasteiger partial charge in [-0.1, -0.05) is 72.3 Å². The van der Waals surface area contributed by atoms with Crippen molar-refractivity contribution in [2.24, 2.45) is 0 Å². The maximum Gasteiger partial charge on any atom is 0.257 e. The SMILES string of the molecule is Cc1ccc(Cn2cccc2CN(Cc2ccccc2)C(=O)c2ccccc2F)cc1. The first kappa shape index (κ1) is 20.6. The summed E-state index contributed by atoms with van der Waals surface area (Å²) in [6.45, 7) is 3.58. The second-order valence-corrected chi connectivity index (χ2v) is 7.74. The van der Waals surface area contributed by atoms with E-state index in [4.69, 9.17) is 0 Å². The lowest BCUT2D eigenvalue weighted by molar-refractivity contribution is 0.0721. The second kappa shape index (κ2) is 9.43. The largest absolute Gasteiger partial charge is 0.345 e. The summed E-state index contributed by atoms with van der Waals surface area (Å²) in [4.78, 5) is 15.0. The summed E-state index contributed by atoms with van der Waals surface area (Å²) in [7, 11) is 0. The van der Waals surface area contributed by atoms with Gasteiger partial charge in [0.2, 0.25) is 0 Å². The highest BCUT2D eigenvalue weighted by Crippen LogP contribution is 2.18. The summed E-state index contributed by atoms with van der Waals surface area (Å²) >= 11 is 0. The van der Waals surface area contributed by atoms with Crippen LogP contribution in [0.5, 0.6) is 0 Å². The summed E-state index contributed by atoms with van der Waals surface area (Å²) in [6, 6.07) is 28.4. The number of carbonyl (C=O) groups is 1. The molecule has 0 aliphatic rings. The highest BCUT2D eigenvalue weighted by molar-refractivity contribution is 5.94. The van der Waals surface area contributed by atoms with E-state index in [1.165, 1.54) is 17.2 Å². The van der Waals surface area contributed by atoms with Crippen molar-refractivity contribution < 1.29 is 9.18 Å². The van der Waals surface area contributed by atoms with E-state index in [0.717, 1.165) is 17.8 Å². The van der Waals surface area contributed by atoms with E-state index < -0.39 is 5.82 Å². The van der Waals surface area contributed by atoms with Crippen LogP contribution in [0, 0.1) is 12.7 Å². The minimum atomic E-state index is -0.499. The summed E-state index contributed by atoms with van der Waals surface area (Å²) in [5.41, 5.74) is 4.51. The van der Waals surface area contributed by atoms with Gasteiger partial charge in [0.15, 0.2) is 0 Å². The second-order valence-electron chi connectivity index (χ2n) is 7.74. The van der Waals surface area contributed by atoms with Crippen molar-refractivity contribution in [3.63, 3.8) is 0 Å². The normalized spacial score (nSPS) is 10.8. The number of hydrogen-bond acceptors (Lipinski definition) is 1. The Bertz CT molecular complexity index is 1150. The monoisotopic (exact) mass is 412 g/mol. The van der Waals surface area contributed by atoms with Crippen LogP contribution in [0.4, 0.5) is 4.39 Å². The molecule has 0 atom stereocenters. The van der Waals surface area contributed by atoms with Crippen molar-refractivity contribution in [2.45, 2.75) is 26.6 Å². The Labute approximate surface area is 182 Å². The van der Waals surface area contributed by atoms with Crippen LogP contribution >= 0.6 is 0 Å². The van der Waals surface area contributed by atoms with Crippen LogP contribution in [0.3, 0.4) is 0 Å². The Morgan fingerprint density at radius 1 is 0.806 bits per heavy atom. The van der Waals surface area contributed by atoms with Gasteiger partial charge in [0.05, 0.1) is 12.1 Å². The highest BCUT2D eigenvalue weighted by atomic mass is 19.1. The molecule has 4 heteroatoms. The zero-order valence-electron chi connectivity index (χ0n) is 17.5. The third-order valence-corrected chi connectivity index (χ3v) is 5.36. The fraction of sp³-hybridized carbons (Fsp3) is 0.148. The zero-order valence-corrected chi connectivity index (χ0v) is 17.5. The molecule has 0 saturated heterocycles. The highest BCUT2D eigenvalue weighted by Gasteiger charge is 2.21. The molecule has 3 aromatic carbocycles. The van der Waals surface area contributed by atoms with Crippen LogP contribution in [-0.2, 0) is 19.6 Å². The lowest BCUT2D eigenvalue weighted by Gasteiger charge is -2.24. The number of benzene rings is 3. The molecular formula is C27H25FN2O. The number of aryl methyl sites for hydroxylation is 1. The molecule has 0 N–H and O–H groups in total. The number of amides is 1. The van der Waals surface area contributed by atoms with Gasteiger partial charge in [-0.05, 0) is 42.3 Å². The van der Waals surface area contributed by atoms with Gasteiger partial charge in [-0.15, -0.1) is 0 Å². The Morgan fingerprint density at radius 3 is 2.26 bits per heavy atom. The first-order valence-electron chi connectivity index (χ1n) is 10.4. The quantitative estimate of drug-likeness (QED) is 0.375. The maximum absolute atomic E-state index is 14.4. The fourth-order valence-corrected chi connectivity index (χ4v) is 3.64. The number of halogens is 1. The number of rotatable bonds is 7. The van der Waals surface area contributed by atoms with Gasteiger partial charge in [0.25, 0.3) is 5.91 Å². The van der Waals surface area contributed by atoms with Crippen LogP contribution < -0.4 is 0 Å². The Kier molecular flexibility index (Phi) is 6.27. The molecule has 0 bridgehead atoms. The van der Waals surface area contributed by atoms with Crippen LogP contribution in [0.1, 0.15) is 32.7 Å². The van der Waals surface area contributed by atoms with Crippen LogP contribution in [-0.4, -0.2) is 15.4 Å². The molecule has 0 aliphatic carbocycles. The van der Waals surface area contributed by atoms with Crippen molar-refractivity contribution in [2.75, 3.05) is 0 Å². The van der Waals surface area contributed by atoms with Crippen molar-refractivity contribution in [3.05, 3.63) is 131 Å². The van der Waals surface area contributed by atoms with Gasteiger partial charge < -0.3 is 9.47 Å². The molecule has 3 nitrogen and oxygen atoms in total. The van der Waals surface area contributed by atoms with E-state index >= 15 is 0 Å². The summed E-state index contributed by atoms with van der Waals surface area (Å²) in [5.74, 6) is -0.814. The summed E-state index contributed by atoms with van der Waals surface area (Å²) < 4.78 is 16.5. The minimum absolute atomic E-state index is 0.0927. The molecule has 0 aliphatic heterocycles. The maximum atomic E-state index is 14.4. The molecule has 1 aromatic heterocycles. The molecule has 4 aromatic rings. The predicted octanol–water partition coefficient (Wildman–Crippen LogP) is 5.83. The molecule has 0 unspecified atom stereocenters. The third kappa shape index (κ3) is 5.10. The smallest absolute Gasteiger partial charge is 0.257 e. The van der Waals surface area contributed by atoms with Crippen molar-refractivity contribution in [3.8, 4) is 0 Å². The first-order valence-corrected chi connectivity index (χ1v) is 10.4. The predicted molar refractivity (Wildman–Crippen MR) is 121 cm³/mol. The number of aromatic nitrogens is 1. The summed E-state index contributed by atoms with van der Waals surface area (Å²) in [5, 5.41) is 0. The fourth-order valence-electron chi connectivity index (χ4n) is 3.64. The molecule has 0 saturated carbocycles. The first-order chi connectivity index (χ1) is 15.1. The van der Waals surface area contributed by atoms with E-state index in [9.17, 15) is 9.18 Å². The van der Waals surface area contributed by atoms with E-state index in [-0.39, 0.29) is 11.5 Å². The van der Waals surface area contributed by atoms with Gasteiger partial charge in [-0.2, -0.15) is 0 Å². The third-order valence-electron chi connectivity index (χ3n) is 5.36. The van der Waals surface area contributed by atoms with Gasteiger partial charge >= 0.3 is 0 Å². The Hall–Kier alpha value is -3.66.